The first-order valence-corrected chi connectivity index (χ1v) is 8.28. The second-order valence-corrected chi connectivity index (χ2v) is 6.87. The molecule has 1 aliphatic rings. The zero-order valence-electron chi connectivity index (χ0n) is 14.1. The lowest BCUT2D eigenvalue weighted by atomic mass is 9.90. The number of rotatable bonds is 5. The highest BCUT2D eigenvalue weighted by atomic mass is 16.5. The molecule has 0 spiro atoms. The number of nitrogens with two attached hydrogens (primary N) is 1. The van der Waals surface area contributed by atoms with Crippen LogP contribution in [-0.2, 0) is 6.54 Å². The van der Waals surface area contributed by atoms with Gasteiger partial charge < -0.3 is 10.5 Å². The van der Waals surface area contributed by atoms with Gasteiger partial charge in [-0.2, -0.15) is 0 Å². The van der Waals surface area contributed by atoms with Crippen molar-refractivity contribution in [2.45, 2.75) is 19.9 Å². The van der Waals surface area contributed by atoms with Gasteiger partial charge in [-0.3, -0.25) is 4.90 Å². The maximum Gasteiger partial charge on any atom is 0.123 e. The van der Waals surface area contributed by atoms with Crippen LogP contribution in [0.15, 0.2) is 48.5 Å². The van der Waals surface area contributed by atoms with Crippen molar-refractivity contribution in [3.8, 4) is 16.9 Å². The molecule has 3 heteroatoms. The van der Waals surface area contributed by atoms with Crippen LogP contribution in [0.4, 0.5) is 0 Å². The van der Waals surface area contributed by atoms with Crippen molar-refractivity contribution in [2.75, 3.05) is 26.7 Å². The SMILES string of the molecule is COc1ccc(-c2ccccc2)cc1CN1CCC(C)(CN)C1. The van der Waals surface area contributed by atoms with Crippen molar-refractivity contribution in [3.63, 3.8) is 0 Å². The summed E-state index contributed by atoms with van der Waals surface area (Å²) in [6, 6.07) is 17.0. The van der Waals surface area contributed by atoms with E-state index in [4.69, 9.17) is 10.5 Å². The van der Waals surface area contributed by atoms with Gasteiger partial charge in [0, 0.05) is 18.7 Å². The first-order valence-electron chi connectivity index (χ1n) is 8.28. The third-order valence-corrected chi connectivity index (χ3v) is 4.91. The molecule has 3 rings (SSSR count). The van der Waals surface area contributed by atoms with Crippen LogP contribution >= 0.6 is 0 Å². The molecule has 1 atom stereocenters. The van der Waals surface area contributed by atoms with E-state index in [1.807, 2.05) is 6.07 Å². The van der Waals surface area contributed by atoms with Gasteiger partial charge in [0.05, 0.1) is 7.11 Å². The molecule has 122 valence electrons. The van der Waals surface area contributed by atoms with Gasteiger partial charge in [0.25, 0.3) is 0 Å². The molecule has 1 aliphatic heterocycles. The number of methoxy groups -OCH3 is 1. The Morgan fingerprint density at radius 3 is 2.57 bits per heavy atom. The second-order valence-electron chi connectivity index (χ2n) is 6.87. The van der Waals surface area contributed by atoms with E-state index in [0.29, 0.717) is 0 Å². The molecule has 0 amide bonds. The lowest BCUT2D eigenvalue weighted by Crippen LogP contribution is -2.31. The minimum absolute atomic E-state index is 0.254. The van der Waals surface area contributed by atoms with Crippen LogP contribution in [0.1, 0.15) is 18.9 Å². The average Bonchev–Trinajstić information content (AvgIpc) is 2.97. The van der Waals surface area contributed by atoms with Gasteiger partial charge in [-0.1, -0.05) is 43.3 Å². The topological polar surface area (TPSA) is 38.5 Å². The lowest BCUT2D eigenvalue weighted by molar-refractivity contribution is 0.270. The van der Waals surface area contributed by atoms with Crippen LogP contribution in [0.5, 0.6) is 5.75 Å². The zero-order valence-corrected chi connectivity index (χ0v) is 14.1. The van der Waals surface area contributed by atoms with Gasteiger partial charge in [0.2, 0.25) is 0 Å². The van der Waals surface area contributed by atoms with Gasteiger partial charge in [-0.15, -0.1) is 0 Å². The van der Waals surface area contributed by atoms with Crippen LogP contribution in [0.25, 0.3) is 11.1 Å². The van der Waals surface area contributed by atoms with E-state index >= 15 is 0 Å². The largest absolute Gasteiger partial charge is 0.496 e. The fourth-order valence-corrected chi connectivity index (χ4v) is 3.38. The molecule has 2 aromatic carbocycles. The van der Waals surface area contributed by atoms with Crippen molar-refractivity contribution in [3.05, 3.63) is 54.1 Å². The zero-order chi connectivity index (χ0) is 16.3. The highest BCUT2D eigenvalue weighted by Gasteiger charge is 2.32. The van der Waals surface area contributed by atoms with E-state index in [0.717, 1.165) is 31.9 Å². The minimum Gasteiger partial charge on any atom is -0.496 e. The molecular weight excluding hydrogens is 284 g/mol. The van der Waals surface area contributed by atoms with E-state index in [9.17, 15) is 0 Å². The summed E-state index contributed by atoms with van der Waals surface area (Å²) >= 11 is 0. The number of benzene rings is 2. The van der Waals surface area contributed by atoms with Gasteiger partial charge in [-0.05, 0) is 48.2 Å². The third-order valence-electron chi connectivity index (χ3n) is 4.91. The Kier molecular flexibility index (Phi) is 4.69. The summed E-state index contributed by atoms with van der Waals surface area (Å²) in [5, 5.41) is 0. The molecule has 2 aromatic rings. The van der Waals surface area contributed by atoms with Gasteiger partial charge in [0.1, 0.15) is 5.75 Å². The fourth-order valence-electron chi connectivity index (χ4n) is 3.38. The Bertz CT molecular complexity index is 656. The van der Waals surface area contributed by atoms with Crippen LogP contribution in [0.2, 0.25) is 0 Å². The van der Waals surface area contributed by atoms with Crippen LogP contribution in [0, 0.1) is 5.41 Å². The fraction of sp³-hybridized carbons (Fsp3) is 0.400. The van der Waals surface area contributed by atoms with Crippen LogP contribution < -0.4 is 10.5 Å². The maximum absolute atomic E-state index is 5.93. The molecular formula is C20H26N2O. The van der Waals surface area contributed by atoms with Crippen LogP contribution in [0.3, 0.4) is 0 Å². The number of hydrogen-bond donors (Lipinski definition) is 1. The van der Waals surface area contributed by atoms with Gasteiger partial charge >= 0.3 is 0 Å². The van der Waals surface area contributed by atoms with E-state index < -0.39 is 0 Å². The lowest BCUT2D eigenvalue weighted by Gasteiger charge is -2.23. The van der Waals surface area contributed by atoms with E-state index in [2.05, 4.69) is 54.3 Å². The highest BCUT2D eigenvalue weighted by molar-refractivity contribution is 5.65. The summed E-state index contributed by atoms with van der Waals surface area (Å²) in [5.74, 6) is 0.964. The van der Waals surface area contributed by atoms with Gasteiger partial charge in [0.15, 0.2) is 0 Å². The predicted octanol–water partition coefficient (Wildman–Crippen LogP) is 3.53. The summed E-state index contributed by atoms with van der Waals surface area (Å²) in [4.78, 5) is 2.49. The second kappa shape index (κ2) is 6.73. The summed E-state index contributed by atoms with van der Waals surface area (Å²) in [5.41, 5.74) is 9.91. The van der Waals surface area contributed by atoms with Crippen LogP contribution in [-0.4, -0.2) is 31.6 Å². The van der Waals surface area contributed by atoms with Gasteiger partial charge in [-0.25, -0.2) is 0 Å². The number of nitrogens with zero attached hydrogens (tertiary/aromatic N) is 1. The Morgan fingerprint density at radius 1 is 1.13 bits per heavy atom. The Morgan fingerprint density at radius 2 is 1.91 bits per heavy atom. The molecule has 23 heavy (non-hydrogen) atoms. The molecule has 0 saturated carbocycles. The molecule has 1 heterocycles. The maximum atomic E-state index is 5.93. The molecule has 1 fully saturated rings. The normalized spacial score (nSPS) is 21.5. The van der Waals surface area contributed by atoms with E-state index in [1.54, 1.807) is 7.11 Å². The molecule has 2 N–H and O–H groups in total. The quantitative estimate of drug-likeness (QED) is 0.918. The Labute approximate surface area is 139 Å². The Balaban J connectivity index is 1.83. The summed E-state index contributed by atoms with van der Waals surface area (Å²) in [6.07, 6.45) is 1.17. The smallest absolute Gasteiger partial charge is 0.123 e. The molecule has 0 aromatic heterocycles. The van der Waals surface area contributed by atoms with E-state index in [1.165, 1.54) is 23.1 Å². The number of ether oxygens (including phenoxy) is 1. The minimum atomic E-state index is 0.254. The molecule has 0 aliphatic carbocycles. The van der Waals surface area contributed by atoms with E-state index in [-0.39, 0.29) is 5.41 Å². The number of likely N-dealkylation sites (tertiary alicyclic amines) is 1. The number of hydrogen-bond acceptors (Lipinski definition) is 3. The standard InChI is InChI=1S/C20H26N2O/c1-20(14-21)10-11-22(15-20)13-18-12-17(8-9-19(18)23-2)16-6-4-3-5-7-16/h3-9,12H,10-11,13-15,21H2,1-2H3. The van der Waals surface area contributed by atoms with Crippen molar-refractivity contribution >= 4 is 0 Å². The molecule has 0 bridgehead atoms. The third kappa shape index (κ3) is 3.57. The van der Waals surface area contributed by atoms with Crippen molar-refractivity contribution in [1.29, 1.82) is 0 Å². The molecule has 3 nitrogen and oxygen atoms in total. The van der Waals surface area contributed by atoms with Crippen molar-refractivity contribution < 1.29 is 4.74 Å². The monoisotopic (exact) mass is 310 g/mol. The summed E-state index contributed by atoms with van der Waals surface area (Å²) in [6.45, 7) is 6.11. The van der Waals surface area contributed by atoms with Crippen molar-refractivity contribution in [2.24, 2.45) is 11.1 Å². The summed E-state index contributed by atoms with van der Waals surface area (Å²) in [7, 11) is 1.75. The van der Waals surface area contributed by atoms with Crippen molar-refractivity contribution in [1.82, 2.24) is 4.90 Å². The predicted molar refractivity (Wildman–Crippen MR) is 95.5 cm³/mol. The average molecular weight is 310 g/mol. The first-order chi connectivity index (χ1) is 11.1. The molecule has 1 saturated heterocycles. The molecule has 0 radical (unpaired) electrons. The highest BCUT2D eigenvalue weighted by Crippen LogP contribution is 2.32. The summed E-state index contributed by atoms with van der Waals surface area (Å²) < 4.78 is 5.57. The Hall–Kier alpha value is -1.84. The first kappa shape index (κ1) is 16.0. The molecule has 1 unspecified atom stereocenters.